The maximum Gasteiger partial charge on any atom is 0.410 e. The molecule has 3 saturated carbocycles. The summed E-state index contributed by atoms with van der Waals surface area (Å²) in [6, 6.07) is 3.89. The monoisotopic (exact) mass is 753 g/mol. The largest absolute Gasteiger partial charge is 0.444 e. The number of rotatable bonds is 7. The van der Waals surface area contributed by atoms with E-state index in [2.05, 4.69) is 28.0 Å². The molecule has 5 amide bonds. The van der Waals surface area contributed by atoms with Crippen molar-refractivity contribution in [3.63, 3.8) is 0 Å². The first-order valence-corrected chi connectivity index (χ1v) is 20.6. The molecule has 3 N–H and O–H groups in total. The average Bonchev–Trinajstić information content (AvgIpc) is 3.88. The molecule has 3 aliphatic heterocycles. The average molecular weight is 754 g/mol. The molecule has 0 aromatic heterocycles. The predicted molar refractivity (Wildman–Crippen MR) is 192 cm³/mol. The zero-order valence-corrected chi connectivity index (χ0v) is 31.4. The van der Waals surface area contributed by atoms with Gasteiger partial charge in [-0.25, -0.2) is 18.0 Å². The van der Waals surface area contributed by atoms with Crippen LogP contribution in [0.1, 0.15) is 101 Å². The van der Waals surface area contributed by atoms with Gasteiger partial charge >= 0.3 is 12.2 Å². The van der Waals surface area contributed by atoms with Crippen LogP contribution in [-0.4, -0.2) is 89.2 Å². The van der Waals surface area contributed by atoms with E-state index in [0.717, 1.165) is 48.8 Å². The summed E-state index contributed by atoms with van der Waals surface area (Å²) in [5.41, 5.74) is 0.920. The van der Waals surface area contributed by atoms with Gasteiger partial charge in [0, 0.05) is 25.4 Å². The molecule has 0 spiro atoms. The lowest BCUT2D eigenvalue weighted by Gasteiger charge is -2.33. The van der Waals surface area contributed by atoms with E-state index < -0.39 is 80.4 Å². The van der Waals surface area contributed by atoms with Crippen molar-refractivity contribution in [2.75, 3.05) is 6.54 Å². The second kappa shape index (κ2) is 14.3. The topological polar surface area (TPSA) is 181 Å². The van der Waals surface area contributed by atoms with Crippen molar-refractivity contribution in [2.45, 2.75) is 139 Å². The Kier molecular flexibility index (Phi) is 10.0. The molecule has 3 heterocycles. The molecule has 4 bridgehead atoms. The summed E-state index contributed by atoms with van der Waals surface area (Å²) in [6.07, 6.45) is 6.57. The van der Waals surface area contributed by atoms with E-state index in [1.165, 1.54) is 11.0 Å². The van der Waals surface area contributed by atoms with Crippen LogP contribution in [0.15, 0.2) is 30.9 Å². The van der Waals surface area contributed by atoms with Crippen LogP contribution in [0, 0.1) is 11.8 Å². The summed E-state index contributed by atoms with van der Waals surface area (Å²) in [5.74, 6) is -2.77. The van der Waals surface area contributed by atoms with Gasteiger partial charge in [0.2, 0.25) is 21.8 Å². The zero-order chi connectivity index (χ0) is 37.7. The fourth-order valence-electron chi connectivity index (χ4n) is 8.64. The van der Waals surface area contributed by atoms with Crippen molar-refractivity contribution in [1.82, 2.24) is 25.2 Å². The molecule has 1 aromatic carbocycles. The van der Waals surface area contributed by atoms with Crippen LogP contribution in [0.3, 0.4) is 0 Å². The van der Waals surface area contributed by atoms with Crippen molar-refractivity contribution in [1.29, 1.82) is 0 Å². The van der Waals surface area contributed by atoms with E-state index >= 15 is 0 Å². The summed E-state index contributed by atoms with van der Waals surface area (Å²) in [5, 5.41) is 4.99. The highest BCUT2D eigenvalue weighted by molar-refractivity contribution is 7.91. The molecular weight excluding hydrogens is 703 g/mol. The van der Waals surface area contributed by atoms with Gasteiger partial charge in [0.25, 0.3) is 5.91 Å². The Balaban J connectivity index is 1.17. The van der Waals surface area contributed by atoms with Crippen molar-refractivity contribution in [3.8, 4) is 0 Å². The first kappa shape index (κ1) is 37.2. The molecule has 53 heavy (non-hydrogen) atoms. The number of nitrogens with zero attached hydrogens (tertiary/aromatic N) is 2. The summed E-state index contributed by atoms with van der Waals surface area (Å²) >= 11 is 0. The molecule has 6 aliphatic rings. The molecule has 0 radical (unpaired) electrons. The molecule has 14 nitrogen and oxygen atoms in total. The number of fused-ring (bicyclic) bond motifs is 3. The Morgan fingerprint density at radius 1 is 1.02 bits per heavy atom. The van der Waals surface area contributed by atoms with Crippen LogP contribution in [0.2, 0.25) is 0 Å². The molecule has 7 rings (SSSR count). The third-order valence-corrected chi connectivity index (χ3v) is 13.8. The number of alkyl carbamates (subject to hydrolysis) is 1. The highest BCUT2D eigenvalue weighted by Crippen LogP contribution is 2.45. The van der Waals surface area contributed by atoms with Gasteiger partial charge in [-0.15, -0.1) is 6.58 Å². The Morgan fingerprint density at radius 3 is 2.45 bits per heavy atom. The highest BCUT2D eigenvalue weighted by atomic mass is 32.2. The predicted octanol–water partition coefficient (Wildman–Crippen LogP) is 3.57. The highest BCUT2D eigenvalue weighted by Gasteiger charge is 2.62. The second-order valence-corrected chi connectivity index (χ2v) is 18.3. The van der Waals surface area contributed by atoms with E-state index in [1.54, 1.807) is 4.90 Å². The van der Waals surface area contributed by atoms with E-state index in [-0.39, 0.29) is 25.3 Å². The zero-order valence-electron chi connectivity index (χ0n) is 30.6. The number of carbonyl (C=O) groups is 5. The lowest BCUT2D eigenvalue weighted by molar-refractivity contribution is -0.142. The van der Waals surface area contributed by atoms with E-state index in [4.69, 9.17) is 9.47 Å². The number of cyclic esters (lactones) is 1. The fraction of sp³-hybridized carbons (Fsp3) is 0.658. The Labute approximate surface area is 310 Å². The lowest BCUT2D eigenvalue weighted by Crippen LogP contribution is -2.59. The molecule has 288 valence electrons. The first-order valence-electron chi connectivity index (χ1n) is 19.1. The van der Waals surface area contributed by atoms with Gasteiger partial charge in [-0.1, -0.05) is 37.1 Å². The van der Waals surface area contributed by atoms with Crippen molar-refractivity contribution in [2.24, 2.45) is 11.8 Å². The molecule has 1 saturated heterocycles. The maximum absolute atomic E-state index is 14.6. The number of sulfonamides is 1. The van der Waals surface area contributed by atoms with E-state index in [1.807, 2.05) is 26.0 Å². The van der Waals surface area contributed by atoms with Crippen LogP contribution in [0.5, 0.6) is 0 Å². The molecule has 15 heteroatoms. The Bertz CT molecular complexity index is 1790. The van der Waals surface area contributed by atoms with Gasteiger partial charge in [0.1, 0.15) is 29.3 Å². The van der Waals surface area contributed by atoms with Gasteiger partial charge in [-0.05, 0) is 94.2 Å². The second-order valence-electron chi connectivity index (χ2n) is 16.4. The molecule has 5 atom stereocenters. The van der Waals surface area contributed by atoms with Crippen molar-refractivity contribution in [3.05, 3.63) is 47.5 Å². The molecule has 3 aliphatic carbocycles. The number of aryl methyl sites for hydroxylation is 1. The van der Waals surface area contributed by atoms with Gasteiger partial charge < -0.3 is 25.0 Å². The fourth-order valence-corrected chi connectivity index (χ4v) is 10.0. The summed E-state index contributed by atoms with van der Waals surface area (Å²) in [4.78, 5) is 72.5. The summed E-state index contributed by atoms with van der Waals surface area (Å²) < 4.78 is 39.5. The number of hydrogen-bond donors (Lipinski definition) is 3. The summed E-state index contributed by atoms with van der Waals surface area (Å²) in [6.45, 7) is 8.12. The standard InChI is InChI=1S/C38H51N5O9S/c1-4-26-19-38(26,34(46)41-53(49,50)28-15-16-28)40-32(44)30-18-27-21-43(30)33(45)31(24-11-5-6-12-24)39-35(47)52-37(2,3)17-8-7-10-23-13-9-14-25-20-42(22-29(23)25)36(48)51-27/h4,9,13-14,24,26-28,30-31H,1,5-8,10-12,15-22H2,2-3H3,(H,39,47)(H,40,44)(H,41,46). The van der Waals surface area contributed by atoms with E-state index in [0.29, 0.717) is 45.2 Å². The number of benzene rings is 1. The van der Waals surface area contributed by atoms with Crippen LogP contribution in [0.25, 0.3) is 0 Å². The minimum absolute atomic E-state index is 0.0545. The SMILES string of the molecule is C=CC1CC1(NC(=O)C1CC2CN1C(=O)C(C1CCCC1)NC(=O)OC(C)(C)CCCCc1cccc3c1CN(C3)C(=O)O2)C(=O)NS(=O)(=O)C1CC1. The number of carbonyl (C=O) groups excluding carboxylic acids is 5. The number of hydrogen-bond acceptors (Lipinski definition) is 9. The Hall–Kier alpha value is -4.14. The first-order chi connectivity index (χ1) is 25.2. The van der Waals surface area contributed by atoms with E-state index in [9.17, 15) is 32.4 Å². The van der Waals surface area contributed by atoms with Gasteiger partial charge in [0.05, 0.1) is 11.8 Å². The van der Waals surface area contributed by atoms with Gasteiger partial charge in [-0.2, -0.15) is 0 Å². The van der Waals surface area contributed by atoms with Gasteiger partial charge in [-0.3, -0.25) is 24.0 Å². The van der Waals surface area contributed by atoms with Crippen LogP contribution in [0.4, 0.5) is 9.59 Å². The van der Waals surface area contributed by atoms with Crippen LogP contribution < -0.4 is 15.4 Å². The lowest BCUT2D eigenvalue weighted by atomic mass is 9.95. The third kappa shape index (κ3) is 7.76. The Morgan fingerprint density at radius 2 is 1.75 bits per heavy atom. The molecule has 1 aromatic rings. The molecule has 5 unspecified atom stereocenters. The quantitative estimate of drug-likeness (QED) is 0.351. The van der Waals surface area contributed by atoms with Crippen molar-refractivity contribution >= 4 is 39.9 Å². The summed E-state index contributed by atoms with van der Waals surface area (Å²) in [7, 11) is -3.90. The third-order valence-electron chi connectivity index (χ3n) is 12.0. The number of ether oxygens (including phenoxy) is 2. The number of amides is 5. The molecular formula is C38H51N5O9S. The van der Waals surface area contributed by atoms with Crippen LogP contribution in [-0.2, 0) is 53.4 Å². The number of nitrogens with one attached hydrogen (secondary N) is 3. The molecule has 4 fully saturated rings. The normalized spacial score (nSPS) is 30.6. The maximum atomic E-state index is 14.6. The van der Waals surface area contributed by atoms with Crippen molar-refractivity contribution < 1.29 is 41.9 Å². The minimum atomic E-state index is -3.90. The van der Waals surface area contributed by atoms with Gasteiger partial charge in [0.15, 0.2) is 0 Å². The smallest absolute Gasteiger partial charge is 0.410 e. The minimum Gasteiger partial charge on any atom is -0.444 e. The van der Waals surface area contributed by atoms with Crippen LogP contribution >= 0.6 is 0 Å².